The number of nitrogens with zero attached hydrogens (tertiary/aromatic N) is 4. The quantitative estimate of drug-likeness (QED) is 0.886. The van der Waals surface area contributed by atoms with Crippen LogP contribution in [0.4, 0.5) is 0 Å². The maximum atomic E-state index is 5.53. The molecule has 1 aliphatic carbocycles. The molecule has 1 fully saturated rings. The highest BCUT2D eigenvalue weighted by Crippen LogP contribution is 2.37. The van der Waals surface area contributed by atoms with Gasteiger partial charge >= 0.3 is 0 Å². The van der Waals surface area contributed by atoms with Crippen LogP contribution in [0.3, 0.4) is 0 Å². The molecule has 94 valence electrons. The van der Waals surface area contributed by atoms with Gasteiger partial charge in [0.1, 0.15) is 0 Å². The summed E-state index contributed by atoms with van der Waals surface area (Å²) >= 11 is 1.61. The van der Waals surface area contributed by atoms with E-state index in [1.807, 2.05) is 4.68 Å². The second kappa shape index (κ2) is 5.07. The molecule has 0 atom stereocenters. The van der Waals surface area contributed by atoms with E-state index in [1.54, 1.807) is 11.8 Å². The summed E-state index contributed by atoms with van der Waals surface area (Å²) in [7, 11) is 0. The maximum Gasteiger partial charge on any atom is 0.214 e. The van der Waals surface area contributed by atoms with Gasteiger partial charge in [0.05, 0.1) is 6.04 Å². The van der Waals surface area contributed by atoms with Crippen molar-refractivity contribution in [1.82, 2.24) is 20.2 Å². The third-order valence-electron chi connectivity index (χ3n) is 2.92. The van der Waals surface area contributed by atoms with Crippen LogP contribution in [0.25, 0.3) is 0 Å². The van der Waals surface area contributed by atoms with Crippen LogP contribution in [0, 0.1) is 0 Å². The molecule has 0 saturated heterocycles. The van der Waals surface area contributed by atoms with Gasteiger partial charge in [0.2, 0.25) is 5.16 Å². The highest BCUT2D eigenvalue weighted by atomic mass is 32.2. The SMILES string of the molecule is NCCc1ccc(Sc2nnnn2C2CC2)cc1. The zero-order chi connectivity index (χ0) is 12.4. The van der Waals surface area contributed by atoms with Gasteiger partial charge in [-0.3, -0.25) is 0 Å². The Kier molecular flexibility index (Phi) is 3.29. The molecule has 3 rings (SSSR count). The summed E-state index contributed by atoms with van der Waals surface area (Å²) in [4.78, 5) is 1.16. The lowest BCUT2D eigenvalue weighted by atomic mass is 10.2. The monoisotopic (exact) mass is 261 g/mol. The fraction of sp³-hybridized carbons (Fsp3) is 0.417. The maximum absolute atomic E-state index is 5.53. The van der Waals surface area contributed by atoms with Crippen LogP contribution in [0.15, 0.2) is 34.3 Å². The average molecular weight is 261 g/mol. The minimum absolute atomic E-state index is 0.513. The Bertz CT molecular complexity index is 518. The molecule has 5 nitrogen and oxygen atoms in total. The van der Waals surface area contributed by atoms with Crippen LogP contribution in [-0.2, 0) is 6.42 Å². The molecular weight excluding hydrogens is 246 g/mol. The number of hydrogen-bond donors (Lipinski definition) is 1. The van der Waals surface area contributed by atoms with E-state index in [-0.39, 0.29) is 0 Å². The van der Waals surface area contributed by atoms with Gasteiger partial charge in [0.25, 0.3) is 0 Å². The van der Waals surface area contributed by atoms with Crippen molar-refractivity contribution in [2.45, 2.75) is 35.4 Å². The van der Waals surface area contributed by atoms with Crippen molar-refractivity contribution in [2.24, 2.45) is 5.73 Å². The van der Waals surface area contributed by atoms with Crippen molar-refractivity contribution in [3.8, 4) is 0 Å². The van der Waals surface area contributed by atoms with Crippen LogP contribution in [0.2, 0.25) is 0 Å². The number of benzene rings is 1. The molecule has 2 N–H and O–H groups in total. The van der Waals surface area contributed by atoms with Gasteiger partial charge in [-0.05, 0) is 65.7 Å². The first-order valence-electron chi connectivity index (χ1n) is 6.11. The molecule has 2 aromatic rings. The van der Waals surface area contributed by atoms with Gasteiger partial charge in [0, 0.05) is 4.90 Å². The van der Waals surface area contributed by atoms with E-state index in [0.29, 0.717) is 12.6 Å². The van der Waals surface area contributed by atoms with Crippen LogP contribution in [0.5, 0.6) is 0 Å². The molecule has 1 heterocycles. The average Bonchev–Trinajstić information content (AvgIpc) is 3.13. The third-order valence-corrected chi connectivity index (χ3v) is 3.88. The van der Waals surface area contributed by atoms with Gasteiger partial charge in [-0.2, -0.15) is 0 Å². The van der Waals surface area contributed by atoms with Gasteiger partial charge in [-0.1, -0.05) is 12.1 Å². The van der Waals surface area contributed by atoms with E-state index in [2.05, 4.69) is 39.8 Å². The lowest BCUT2D eigenvalue weighted by Gasteiger charge is -2.03. The highest BCUT2D eigenvalue weighted by molar-refractivity contribution is 7.99. The molecule has 18 heavy (non-hydrogen) atoms. The lowest BCUT2D eigenvalue weighted by Crippen LogP contribution is -2.02. The third kappa shape index (κ3) is 2.54. The van der Waals surface area contributed by atoms with Gasteiger partial charge in [-0.25, -0.2) is 4.68 Å². The van der Waals surface area contributed by atoms with Crippen molar-refractivity contribution in [2.75, 3.05) is 6.54 Å². The number of nitrogens with two attached hydrogens (primary N) is 1. The van der Waals surface area contributed by atoms with E-state index >= 15 is 0 Å². The fourth-order valence-corrected chi connectivity index (χ4v) is 2.64. The molecule has 0 radical (unpaired) electrons. The Morgan fingerprint density at radius 3 is 2.72 bits per heavy atom. The van der Waals surface area contributed by atoms with Crippen molar-refractivity contribution < 1.29 is 0 Å². The number of aromatic nitrogens is 4. The number of hydrogen-bond acceptors (Lipinski definition) is 5. The summed E-state index contributed by atoms with van der Waals surface area (Å²) in [5.41, 5.74) is 6.80. The normalized spacial score (nSPS) is 14.9. The summed E-state index contributed by atoms with van der Waals surface area (Å²) < 4.78 is 1.93. The van der Waals surface area contributed by atoms with E-state index < -0.39 is 0 Å². The second-order valence-corrected chi connectivity index (χ2v) is 5.46. The van der Waals surface area contributed by atoms with Crippen LogP contribution in [-0.4, -0.2) is 26.8 Å². The zero-order valence-electron chi connectivity index (χ0n) is 9.99. The van der Waals surface area contributed by atoms with Crippen molar-refractivity contribution >= 4 is 11.8 Å². The summed E-state index contributed by atoms with van der Waals surface area (Å²) in [6.07, 6.45) is 3.30. The van der Waals surface area contributed by atoms with Crippen LogP contribution in [0.1, 0.15) is 24.4 Å². The lowest BCUT2D eigenvalue weighted by molar-refractivity contribution is 0.565. The molecule has 0 unspecified atom stereocenters. The van der Waals surface area contributed by atoms with Crippen molar-refractivity contribution in [3.05, 3.63) is 29.8 Å². The first kappa shape index (κ1) is 11.7. The number of rotatable bonds is 5. The summed E-state index contributed by atoms with van der Waals surface area (Å²) in [6.45, 7) is 0.687. The van der Waals surface area contributed by atoms with Crippen LogP contribution < -0.4 is 5.73 Å². The summed E-state index contributed by atoms with van der Waals surface area (Å²) in [5, 5.41) is 12.7. The minimum Gasteiger partial charge on any atom is -0.330 e. The molecule has 1 aromatic heterocycles. The fourth-order valence-electron chi connectivity index (χ4n) is 1.80. The molecule has 0 amide bonds. The standard InChI is InChI=1S/C12H15N5S/c13-8-7-9-1-5-11(6-2-9)18-12-14-15-16-17(12)10-3-4-10/h1-2,5-6,10H,3-4,7-8,13H2. The molecule has 1 aliphatic rings. The molecule has 0 spiro atoms. The topological polar surface area (TPSA) is 69.6 Å². The second-order valence-electron chi connectivity index (χ2n) is 4.42. The smallest absolute Gasteiger partial charge is 0.214 e. The Labute approximate surface area is 110 Å². The van der Waals surface area contributed by atoms with E-state index in [1.165, 1.54) is 18.4 Å². The van der Waals surface area contributed by atoms with E-state index in [4.69, 9.17) is 5.73 Å². The van der Waals surface area contributed by atoms with Gasteiger partial charge in [-0.15, -0.1) is 5.10 Å². The molecule has 6 heteroatoms. The zero-order valence-corrected chi connectivity index (χ0v) is 10.8. The van der Waals surface area contributed by atoms with Crippen LogP contribution >= 0.6 is 11.8 Å². The Balaban J connectivity index is 1.73. The molecule has 1 aromatic carbocycles. The summed E-state index contributed by atoms with van der Waals surface area (Å²) in [6, 6.07) is 8.93. The molecule has 0 aliphatic heterocycles. The molecule has 0 bridgehead atoms. The minimum atomic E-state index is 0.513. The summed E-state index contributed by atoms with van der Waals surface area (Å²) in [5.74, 6) is 0. The van der Waals surface area contributed by atoms with E-state index in [0.717, 1.165) is 16.5 Å². The van der Waals surface area contributed by atoms with Gasteiger partial charge in [0.15, 0.2) is 0 Å². The Morgan fingerprint density at radius 1 is 1.28 bits per heavy atom. The Hall–Kier alpha value is -1.40. The largest absolute Gasteiger partial charge is 0.330 e. The first-order valence-corrected chi connectivity index (χ1v) is 6.93. The first-order chi connectivity index (χ1) is 8.86. The molecule has 1 saturated carbocycles. The predicted octanol–water partition coefficient (Wildman–Crippen LogP) is 1.66. The Morgan fingerprint density at radius 2 is 2.06 bits per heavy atom. The van der Waals surface area contributed by atoms with Gasteiger partial charge < -0.3 is 5.73 Å². The highest BCUT2D eigenvalue weighted by Gasteiger charge is 2.27. The van der Waals surface area contributed by atoms with Crippen molar-refractivity contribution in [3.63, 3.8) is 0 Å². The molecular formula is C12H15N5S. The van der Waals surface area contributed by atoms with Crippen molar-refractivity contribution in [1.29, 1.82) is 0 Å². The van der Waals surface area contributed by atoms with E-state index in [9.17, 15) is 0 Å². The predicted molar refractivity (Wildman–Crippen MR) is 69.4 cm³/mol. The number of tetrazole rings is 1.